The molecule has 3 unspecified atom stereocenters. The van der Waals surface area contributed by atoms with Crippen molar-refractivity contribution in [2.75, 3.05) is 19.6 Å². The van der Waals surface area contributed by atoms with E-state index < -0.39 is 5.41 Å². The molecule has 8 nitrogen and oxygen atoms in total. The van der Waals surface area contributed by atoms with Gasteiger partial charge in [0, 0.05) is 5.41 Å². The standard InChI is InChI=1S/C18H24N4O4/c23-12-19-8-3-1-2-6-17(22-15-26)18(11-21-14-25)7-4-5-16(9-18)10-20-13-24/h16-17H,1-11H2. The van der Waals surface area contributed by atoms with E-state index in [2.05, 4.69) is 20.0 Å². The van der Waals surface area contributed by atoms with Gasteiger partial charge in [-0.2, -0.15) is 0 Å². The van der Waals surface area contributed by atoms with Gasteiger partial charge in [-0.05, 0) is 38.0 Å². The number of hydrogen-bond acceptors (Lipinski definition) is 8. The minimum absolute atomic E-state index is 0.179. The van der Waals surface area contributed by atoms with E-state index in [1.807, 2.05) is 0 Å². The molecule has 1 aliphatic carbocycles. The maximum Gasteiger partial charge on any atom is 0.235 e. The Kier molecular flexibility index (Phi) is 10.6. The molecule has 1 rings (SSSR count). The Morgan fingerprint density at radius 1 is 0.923 bits per heavy atom. The number of unbranched alkanes of at least 4 members (excludes halogenated alkanes) is 2. The SMILES string of the molecule is O=C=NCCCCCC(N=C=O)C1(CN=C=O)CCCC(CN=C=O)C1. The molecule has 26 heavy (non-hydrogen) atoms. The van der Waals surface area contributed by atoms with Crippen molar-refractivity contribution in [2.45, 2.75) is 57.4 Å². The average molecular weight is 360 g/mol. The van der Waals surface area contributed by atoms with Gasteiger partial charge in [-0.15, -0.1) is 0 Å². The molecule has 0 N–H and O–H groups in total. The third kappa shape index (κ3) is 7.18. The molecule has 0 amide bonds. The van der Waals surface area contributed by atoms with Gasteiger partial charge in [0.1, 0.15) is 0 Å². The van der Waals surface area contributed by atoms with Gasteiger partial charge in [0.05, 0.1) is 25.7 Å². The van der Waals surface area contributed by atoms with Crippen molar-refractivity contribution in [3.8, 4) is 0 Å². The zero-order valence-electron chi connectivity index (χ0n) is 14.9. The van der Waals surface area contributed by atoms with E-state index in [0.717, 1.165) is 38.5 Å². The van der Waals surface area contributed by atoms with Gasteiger partial charge in [-0.1, -0.05) is 19.3 Å². The summed E-state index contributed by atoms with van der Waals surface area (Å²) in [4.78, 5) is 57.1. The van der Waals surface area contributed by atoms with Crippen molar-refractivity contribution < 1.29 is 19.2 Å². The highest BCUT2D eigenvalue weighted by Crippen LogP contribution is 2.45. The van der Waals surface area contributed by atoms with E-state index in [4.69, 9.17) is 0 Å². The van der Waals surface area contributed by atoms with Crippen molar-refractivity contribution >= 4 is 24.3 Å². The van der Waals surface area contributed by atoms with Crippen LogP contribution in [0.2, 0.25) is 0 Å². The Labute approximate surface area is 152 Å². The first kappa shape index (κ1) is 21.6. The minimum Gasteiger partial charge on any atom is -0.211 e. The van der Waals surface area contributed by atoms with Gasteiger partial charge in [-0.25, -0.2) is 39.1 Å². The summed E-state index contributed by atoms with van der Waals surface area (Å²) >= 11 is 0. The van der Waals surface area contributed by atoms with E-state index in [-0.39, 0.29) is 18.5 Å². The van der Waals surface area contributed by atoms with Crippen molar-refractivity contribution in [3.05, 3.63) is 0 Å². The quantitative estimate of drug-likeness (QED) is 0.302. The zero-order chi connectivity index (χ0) is 19.1. The van der Waals surface area contributed by atoms with Gasteiger partial charge in [0.15, 0.2) is 0 Å². The average Bonchev–Trinajstić information content (AvgIpc) is 2.66. The molecule has 1 fully saturated rings. The first-order valence-electron chi connectivity index (χ1n) is 8.90. The lowest BCUT2D eigenvalue weighted by Crippen LogP contribution is -2.42. The number of nitrogens with zero attached hydrogens (tertiary/aromatic N) is 4. The summed E-state index contributed by atoms with van der Waals surface area (Å²) in [5.41, 5.74) is -0.420. The fourth-order valence-electron chi connectivity index (χ4n) is 3.91. The number of isocyanates is 4. The van der Waals surface area contributed by atoms with E-state index in [1.165, 1.54) is 6.08 Å². The molecule has 0 aromatic rings. The molecule has 0 aromatic heterocycles. The van der Waals surface area contributed by atoms with Crippen LogP contribution in [-0.2, 0) is 19.2 Å². The number of carbonyl (C=O) groups excluding carboxylic acids is 4. The van der Waals surface area contributed by atoms with Crippen molar-refractivity contribution in [2.24, 2.45) is 31.3 Å². The maximum atomic E-state index is 11.0. The van der Waals surface area contributed by atoms with Gasteiger partial charge in [0.25, 0.3) is 0 Å². The minimum atomic E-state index is -0.420. The summed E-state index contributed by atoms with van der Waals surface area (Å²) < 4.78 is 0. The maximum absolute atomic E-state index is 11.0. The molecule has 1 saturated carbocycles. The molecule has 0 bridgehead atoms. The predicted molar refractivity (Wildman–Crippen MR) is 93.7 cm³/mol. The zero-order valence-corrected chi connectivity index (χ0v) is 14.9. The Balaban J connectivity index is 2.85. The van der Waals surface area contributed by atoms with E-state index in [9.17, 15) is 19.2 Å². The van der Waals surface area contributed by atoms with Crippen LogP contribution in [0, 0.1) is 11.3 Å². The van der Waals surface area contributed by atoms with Gasteiger partial charge in [-0.3, -0.25) is 0 Å². The van der Waals surface area contributed by atoms with Crippen LogP contribution in [0.15, 0.2) is 20.0 Å². The molecule has 8 heteroatoms. The molecule has 0 saturated heterocycles. The lowest BCUT2D eigenvalue weighted by atomic mass is 9.64. The molecule has 0 heterocycles. The molecule has 0 aromatic carbocycles. The van der Waals surface area contributed by atoms with Crippen LogP contribution in [0.5, 0.6) is 0 Å². The summed E-state index contributed by atoms with van der Waals surface area (Å²) in [6, 6.07) is -0.297. The number of rotatable bonds is 12. The van der Waals surface area contributed by atoms with Crippen LogP contribution in [-0.4, -0.2) is 50.0 Å². The summed E-state index contributed by atoms with van der Waals surface area (Å²) in [5, 5.41) is 0. The molecule has 140 valence electrons. The number of hydrogen-bond donors (Lipinski definition) is 0. The highest BCUT2D eigenvalue weighted by Gasteiger charge is 2.42. The third-order valence-electron chi connectivity index (χ3n) is 5.08. The molecular formula is C18H24N4O4. The second-order valence-corrected chi connectivity index (χ2v) is 6.72. The second-order valence-electron chi connectivity index (χ2n) is 6.72. The first-order chi connectivity index (χ1) is 12.7. The lowest BCUT2D eigenvalue weighted by molar-refractivity contribution is 0.111. The Morgan fingerprint density at radius 3 is 2.38 bits per heavy atom. The van der Waals surface area contributed by atoms with Gasteiger partial charge >= 0.3 is 0 Å². The van der Waals surface area contributed by atoms with Gasteiger partial charge in [0.2, 0.25) is 24.3 Å². The smallest absolute Gasteiger partial charge is 0.211 e. The summed E-state index contributed by atoms with van der Waals surface area (Å²) in [6.07, 6.45) is 12.7. The molecule has 0 radical (unpaired) electrons. The highest BCUT2D eigenvalue weighted by atomic mass is 16.1. The fourth-order valence-corrected chi connectivity index (χ4v) is 3.91. The highest BCUT2D eigenvalue weighted by molar-refractivity contribution is 5.35. The van der Waals surface area contributed by atoms with Gasteiger partial charge < -0.3 is 0 Å². The third-order valence-corrected chi connectivity index (χ3v) is 5.08. The topological polar surface area (TPSA) is 118 Å². The normalized spacial score (nSPS) is 22.7. The van der Waals surface area contributed by atoms with Crippen LogP contribution in [0.4, 0.5) is 0 Å². The van der Waals surface area contributed by atoms with Crippen LogP contribution in [0.3, 0.4) is 0 Å². The molecule has 3 atom stereocenters. The fraction of sp³-hybridized carbons (Fsp3) is 0.778. The van der Waals surface area contributed by atoms with Crippen molar-refractivity contribution in [1.82, 2.24) is 0 Å². The van der Waals surface area contributed by atoms with E-state index in [1.54, 1.807) is 18.2 Å². The van der Waals surface area contributed by atoms with E-state index in [0.29, 0.717) is 25.9 Å². The lowest BCUT2D eigenvalue weighted by Gasteiger charge is -2.43. The number of aliphatic imine (C=N–C) groups is 4. The Hall–Kier alpha value is -2.48. The van der Waals surface area contributed by atoms with E-state index >= 15 is 0 Å². The molecule has 1 aliphatic rings. The Bertz CT molecular complexity index is 627. The monoisotopic (exact) mass is 360 g/mol. The van der Waals surface area contributed by atoms with Crippen molar-refractivity contribution in [3.63, 3.8) is 0 Å². The summed E-state index contributed by atoms with van der Waals surface area (Å²) in [5.74, 6) is 0.179. The predicted octanol–water partition coefficient (Wildman–Crippen LogP) is 2.44. The largest absolute Gasteiger partial charge is 0.235 e. The van der Waals surface area contributed by atoms with Crippen LogP contribution in [0.1, 0.15) is 51.4 Å². The molecule has 0 aliphatic heterocycles. The summed E-state index contributed by atoms with van der Waals surface area (Å²) in [6.45, 7) is 1.08. The summed E-state index contributed by atoms with van der Waals surface area (Å²) in [7, 11) is 0. The van der Waals surface area contributed by atoms with Crippen LogP contribution >= 0.6 is 0 Å². The Morgan fingerprint density at radius 2 is 1.69 bits per heavy atom. The van der Waals surface area contributed by atoms with Crippen LogP contribution < -0.4 is 0 Å². The van der Waals surface area contributed by atoms with Crippen LogP contribution in [0.25, 0.3) is 0 Å². The molecular weight excluding hydrogens is 336 g/mol. The van der Waals surface area contributed by atoms with Crippen molar-refractivity contribution in [1.29, 1.82) is 0 Å². The molecule has 0 spiro atoms. The first-order valence-corrected chi connectivity index (χ1v) is 8.90. The second kappa shape index (κ2) is 12.8.